The lowest BCUT2D eigenvalue weighted by molar-refractivity contribution is -0.137. The van der Waals surface area contributed by atoms with Crippen molar-refractivity contribution in [2.45, 2.75) is 25.8 Å². The molecule has 0 aliphatic rings. The molecule has 30 heavy (non-hydrogen) atoms. The van der Waals surface area contributed by atoms with Crippen molar-refractivity contribution in [2.24, 2.45) is 5.16 Å². The normalized spacial score (nSPS) is 12.7. The average Bonchev–Trinajstić information content (AvgIpc) is 2.68. The number of amides is 1. The Morgan fingerprint density at radius 3 is 2.33 bits per heavy atom. The minimum absolute atomic E-state index is 0.0485. The summed E-state index contributed by atoms with van der Waals surface area (Å²) in [6, 6.07) is 7.96. The predicted octanol–water partition coefficient (Wildman–Crippen LogP) is 4.69. The summed E-state index contributed by atoms with van der Waals surface area (Å²) in [5.41, 5.74) is -0.259. The van der Waals surface area contributed by atoms with E-state index in [1.54, 1.807) is 0 Å². The minimum Gasteiger partial charge on any atom is -0.493 e. The zero-order chi connectivity index (χ0) is 22.3. The second kappa shape index (κ2) is 9.90. The third kappa shape index (κ3) is 6.61. The molecule has 2 rings (SSSR count). The van der Waals surface area contributed by atoms with Crippen LogP contribution in [0.5, 0.6) is 11.5 Å². The van der Waals surface area contributed by atoms with Gasteiger partial charge in [0.05, 0.1) is 18.9 Å². The standard InChI is InChI=1S/C19H17F5N2O4/c1-11(17(27)26-14-6-4-13(5-7-14)19(22,23)24)30-25-10-12-3-8-15(29-18(20)21)16(9-12)28-2/h3-11,18H,1-2H3,(H,26,27)/b25-10+. The molecule has 6 nitrogen and oxygen atoms in total. The molecule has 0 heterocycles. The van der Waals surface area contributed by atoms with Gasteiger partial charge in [-0.2, -0.15) is 22.0 Å². The van der Waals surface area contributed by atoms with Crippen molar-refractivity contribution in [1.82, 2.24) is 0 Å². The molecule has 1 atom stereocenters. The molecule has 0 saturated carbocycles. The maximum Gasteiger partial charge on any atom is 0.416 e. The van der Waals surface area contributed by atoms with Crippen molar-refractivity contribution in [1.29, 1.82) is 0 Å². The number of nitrogens with zero attached hydrogens (tertiary/aromatic N) is 1. The Kier molecular flexibility index (Phi) is 7.56. The summed E-state index contributed by atoms with van der Waals surface area (Å²) in [6.45, 7) is -1.62. The molecule has 11 heteroatoms. The number of rotatable bonds is 8. The molecule has 162 valence electrons. The van der Waals surface area contributed by atoms with Crippen LogP contribution in [0.3, 0.4) is 0 Å². The number of hydrogen-bond donors (Lipinski definition) is 1. The molecule has 1 unspecified atom stereocenters. The van der Waals surface area contributed by atoms with Gasteiger partial charge in [-0.3, -0.25) is 4.79 Å². The molecule has 0 aliphatic carbocycles. The number of nitrogens with one attached hydrogen (secondary N) is 1. The summed E-state index contributed by atoms with van der Waals surface area (Å²) in [6.07, 6.45) is -4.32. The smallest absolute Gasteiger partial charge is 0.416 e. The SMILES string of the molecule is COc1cc(/C=N/OC(C)C(=O)Nc2ccc(C(F)(F)F)cc2)ccc1OC(F)F. The first-order chi connectivity index (χ1) is 14.1. The number of methoxy groups -OCH3 is 1. The van der Waals surface area contributed by atoms with Crippen molar-refractivity contribution in [2.75, 3.05) is 12.4 Å². The maximum atomic E-state index is 12.5. The number of alkyl halides is 5. The molecule has 0 spiro atoms. The quantitative estimate of drug-likeness (QED) is 0.373. The first kappa shape index (κ1) is 22.9. The van der Waals surface area contributed by atoms with Gasteiger partial charge in [-0.15, -0.1) is 0 Å². The monoisotopic (exact) mass is 432 g/mol. The highest BCUT2D eigenvalue weighted by molar-refractivity contribution is 5.94. The molecule has 2 aromatic rings. The number of ether oxygens (including phenoxy) is 2. The van der Waals surface area contributed by atoms with E-state index in [9.17, 15) is 26.7 Å². The second-order valence-corrected chi connectivity index (χ2v) is 5.84. The molecule has 2 aromatic carbocycles. The van der Waals surface area contributed by atoms with Gasteiger partial charge in [0.2, 0.25) is 6.10 Å². The topological polar surface area (TPSA) is 69.2 Å². The number of oxime groups is 1. The fourth-order valence-electron chi connectivity index (χ4n) is 2.17. The molecule has 0 fully saturated rings. The van der Waals surface area contributed by atoms with Crippen LogP contribution >= 0.6 is 0 Å². The largest absolute Gasteiger partial charge is 0.493 e. The molecule has 1 amide bonds. The predicted molar refractivity (Wildman–Crippen MR) is 97.8 cm³/mol. The Morgan fingerprint density at radius 2 is 1.77 bits per heavy atom. The Bertz CT molecular complexity index is 885. The summed E-state index contributed by atoms with van der Waals surface area (Å²) in [4.78, 5) is 17.1. The van der Waals surface area contributed by atoms with Gasteiger partial charge in [0.15, 0.2) is 11.5 Å². The maximum absolute atomic E-state index is 12.5. The highest BCUT2D eigenvalue weighted by Gasteiger charge is 2.30. The number of halogens is 5. The van der Waals surface area contributed by atoms with Crippen molar-refractivity contribution in [3.8, 4) is 11.5 Å². The Balaban J connectivity index is 1.93. The lowest BCUT2D eigenvalue weighted by Gasteiger charge is -2.12. The number of hydrogen-bond acceptors (Lipinski definition) is 5. The number of anilines is 1. The van der Waals surface area contributed by atoms with Crippen LogP contribution in [-0.4, -0.2) is 31.9 Å². The Morgan fingerprint density at radius 1 is 1.10 bits per heavy atom. The van der Waals surface area contributed by atoms with E-state index in [0.29, 0.717) is 5.56 Å². The molecule has 0 radical (unpaired) electrons. The van der Waals surface area contributed by atoms with E-state index in [1.807, 2.05) is 0 Å². The van der Waals surface area contributed by atoms with E-state index in [4.69, 9.17) is 9.57 Å². The van der Waals surface area contributed by atoms with Crippen LogP contribution in [0.25, 0.3) is 0 Å². The van der Waals surface area contributed by atoms with Gasteiger partial charge < -0.3 is 19.6 Å². The molecular weight excluding hydrogens is 415 g/mol. The third-order valence-corrected chi connectivity index (χ3v) is 3.67. The van der Waals surface area contributed by atoms with Crippen molar-refractivity contribution < 1.29 is 41.1 Å². The molecule has 0 bridgehead atoms. The first-order valence-electron chi connectivity index (χ1n) is 8.40. The van der Waals surface area contributed by atoms with Gasteiger partial charge in [-0.05, 0) is 49.4 Å². The minimum atomic E-state index is -4.47. The fourth-order valence-corrected chi connectivity index (χ4v) is 2.17. The zero-order valence-electron chi connectivity index (χ0n) is 15.7. The number of carbonyl (C=O) groups is 1. The van der Waals surface area contributed by atoms with Crippen LogP contribution in [0.2, 0.25) is 0 Å². The van der Waals surface area contributed by atoms with Gasteiger partial charge in [0.25, 0.3) is 5.91 Å². The summed E-state index contributed by atoms with van der Waals surface area (Å²) in [5, 5.41) is 6.04. The summed E-state index contributed by atoms with van der Waals surface area (Å²) >= 11 is 0. The van der Waals surface area contributed by atoms with Gasteiger partial charge in [-0.1, -0.05) is 5.16 Å². The van der Waals surface area contributed by atoms with E-state index in [-0.39, 0.29) is 17.2 Å². The van der Waals surface area contributed by atoms with Crippen LogP contribution in [0.15, 0.2) is 47.6 Å². The van der Waals surface area contributed by atoms with Crippen molar-refractivity contribution in [3.05, 3.63) is 53.6 Å². The van der Waals surface area contributed by atoms with Gasteiger partial charge in [0, 0.05) is 11.3 Å². The highest BCUT2D eigenvalue weighted by atomic mass is 19.4. The third-order valence-electron chi connectivity index (χ3n) is 3.67. The van der Waals surface area contributed by atoms with Crippen LogP contribution in [0.4, 0.5) is 27.6 Å². The van der Waals surface area contributed by atoms with E-state index in [0.717, 1.165) is 24.3 Å². The number of benzene rings is 2. The van der Waals surface area contributed by atoms with Gasteiger partial charge >= 0.3 is 12.8 Å². The van der Waals surface area contributed by atoms with E-state index in [2.05, 4.69) is 15.2 Å². The molecular formula is C19H17F5N2O4. The molecule has 0 saturated heterocycles. The lowest BCUT2D eigenvalue weighted by atomic mass is 10.2. The molecule has 0 aliphatic heterocycles. The zero-order valence-corrected chi connectivity index (χ0v) is 15.7. The van der Waals surface area contributed by atoms with E-state index in [1.165, 1.54) is 38.4 Å². The Hall–Kier alpha value is -3.37. The molecule has 1 N–H and O–H groups in total. The summed E-state index contributed by atoms with van der Waals surface area (Å²) in [7, 11) is 1.28. The summed E-state index contributed by atoms with van der Waals surface area (Å²) in [5.74, 6) is -0.743. The second-order valence-electron chi connectivity index (χ2n) is 5.84. The fraction of sp³-hybridized carbons (Fsp3) is 0.263. The summed E-state index contributed by atoms with van der Waals surface area (Å²) < 4.78 is 71.5. The van der Waals surface area contributed by atoms with Crippen molar-refractivity contribution in [3.63, 3.8) is 0 Å². The number of carbonyl (C=O) groups excluding carboxylic acids is 1. The van der Waals surface area contributed by atoms with Gasteiger partial charge in [-0.25, -0.2) is 0 Å². The molecule has 0 aromatic heterocycles. The lowest BCUT2D eigenvalue weighted by Crippen LogP contribution is -2.26. The van der Waals surface area contributed by atoms with Crippen LogP contribution in [-0.2, 0) is 15.8 Å². The van der Waals surface area contributed by atoms with Crippen LogP contribution in [0.1, 0.15) is 18.1 Å². The van der Waals surface area contributed by atoms with Gasteiger partial charge in [0.1, 0.15) is 0 Å². The highest BCUT2D eigenvalue weighted by Crippen LogP contribution is 2.30. The van der Waals surface area contributed by atoms with Crippen LogP contribution in [0, 0.1) is 0 Å². The van der Waals surface area contributed by atoms with E-state index >= 15 is 0 Å². The Labute approximate surface area is 168 Å². The average molecular weight is 432 g/mol. The van der Waals surface area contributed by atoms with E-state index < -0.39 is 30.4 Å². The van der Waals surface area contributed by atoms with Crippen molar-refractivity contribution >= 4 is 17.8 Å². The first-order valence-corrected chi connectivity index (χ1v) is 8.40. The van der Waals surface area contributed by atoms with Crippen LogP contribution < -0.4 is 14.8 Å².